The fourth-order valence-corrected chi connectivity index (χ4v) is 2.38. The number of benzene rings is 1. The lowest BCUT2D eigenvalue weighted by atomic mass is 9.98. The van der Waals surface area contributed by atoms with E-state index >= 15 is 0 Å². The number of nitrogens with zero attached hydrogens (tertiary/aromatic N) is 1. The Morgan fingerprint density at radius 2 is 2.21 bits per heavy atom. The minimum Gasteiger partial charge on any atom is -0.491 e. The Morgan fingerprint density at radius 3 is 3.00 bits per heavy atom. The van der Waals surface area contributed by atoms with Crippen LogP contribution in [0.1, 0.15) is 26.2 Å². The molecule has 0 fully saturated rings. The van der Waals surface area contributed by atoms with Gasteiger partial charge >= 0.3 is 0 Å². The highest BCUT2D eigenvalue weighted by atomic mass is 16.5. The molecule has 0 bridgehead atoms. The standard InChI is InChI=1S/C15H24N2O2/c1-15(16,12-18)8-4-9-17-10-5-11-19-14-7-3-2-6-13(14)17/h2-3,6-7,18H,4-5,8-12,16H2,1H3. The number of nitrogens with two attached hydrogens (primary N) is 1. The lowest BCUT2D eigenvalue weighted by Gasteiger charge is -2.26. The van der Waals surface area contributed by atoms with Gasteiger partial charge < -0.3 is 20.5 Å². The molecule has 1 aromatic carbocycles. The van der Waals surface area contributed by atoms with E-state index in [9.17, 15) is 5.11 Å². The first kappa shape index (κ1) is 14.2. The fraction of sp³-hybridized carbons (Fsp3) is 0.600. The summed E-state index contributed by atoms with van der Waals surface area (Å²) in [5, 5.41) is 9.18. The van der Waals surface area contributed by atoms with E-state index < -0.39 is 5.54 Å². The molecule has 1 aliphatic rings. The molecule has 0 spiro atoms. The highest BCUT2D eigenvalue weighted by Crippen LogP contribution is 2.30. The summed E-state index contributed by atoms with van der Waals surface area (Å²) >= 11 is 0. The van der Waals surface area contributed by atoms with Crippen LogP contribution < -0.4 is 15.4 Å². The third kappa shape index (κ3) is 3.85. The van der Waals surface area contributed by atoms with Crippen molar-refractivity contribution in [3.63, 3.8) is 0 Å². The molecule has 1 aromatic rings. The fourth-order valence-electron chi connectivity index (χ4n) is 2.38. The largest absolute Gasteiger partial charge is 0.491 e. The topological polar surface area (TPSA) is 58.7 Å². The molecule has 0 aliphatic carbocycles. The molecule has 2 rings (SSSR count). The zero-order valence-corrected chi connectivity index (χ0v) is 11.6. The molecule has 0 saturated heterocycles. The van der Waals surface area contributed by atoms with Gasteiger partial charge in [-0.1, -0.05) is 12.1 Å². The van der Waals surface area contributed by atoms with Gasteiger partial charge in [-0.3, -0.25) is 0 Å². The Labute approximate surface area is 115 Å². The van der Waals surface area contributed by atoms with Crippen molar-refractivity contribution in [1.82, 2.24) is 0 Å². The van der Waals surface area contributed by atoms with Gasteiger partial charge in [0, 0.05) is 18.6 Å². The maximum absolute atomic E-state index is 9.18. The van der Waals surface area contributed by atoms with Gasteiger partial charge in [-0.05, 0) is 38.3 Å². The molecule has 4 heteroatoms. The Kier molecular flexibility index (Phi) is 4.66. The Hall–Kier alpha value is -1.26. The molecule has 106 valence electrons. The maximum atomic E-state index is 9.18. The molecule has 3 N–H and O–H groups in total. The van der Waals surface area contributed by atoms with Crippen LogP contribution in [0.2, 0.25) is 0 Å². The number of hydrogen-bond donors (Lipinski definition) is 2. The van der Waals surface area contributed by atoms with Crippen LogP contribution in [0, 0.1) is 0 Å². The van der Waals surface area contributed by atoms with Crippen LogP contribution in [0.15, 0.2) is 24.3 Å². The van der Waals surface area contributed by atoms with Crippen molar-refractivity contribution in [3.05, 3.63) is 24.3 Å². The predicted octanol–water partition coefficient (Wildman–Crippen LogP) is 1.77. The van der Waals surface area contributed by atoms with Gasteiger partial charge in [-0.25, -0.2) is 0 Å². The van der Waals surface area contributed by atoms with Crippen LogP contribution in [0.5, 0.6) is 5.75 Å². The van der Waals surface area contributed by atoms with E-state index in [1.54, 1.807) is 0 Å². The summed E-state index contributed by atoms with van der Waals surface area (Å²) in [6, 6.07) is 8.18. The lowest BCUT2D eigenvalue weighted by Crippen LogP contribution is -2.41. The average molecular weight is 264 g/mol. The van der Waals surface area contributed by atoms with Crippen LogP contribution in [0.4, 0.5) is 5.69 Å². The van der Waals surface area contributed by atoms with Gasteiger partial charge in [0.1, 0.15) is 5.75 Å². The van der Waals surface area contributed by atoms with Crippen molar-refractivity contribution >= 4 is 5.69 Å². The second kappa shape index (κ2) is 6.26. The summed E-state index contributed by atoms with van der Waals surface area (Å²) in [6.45, 7) is 4.67. The second-order valence-electron chi connectivity index (χ2n) is 5.57. The van der Waals surface area contributed by atoms with Crippen molar-refractivity contribution in [3.8, 4) is 5.75 Å². The highest BCUT2D eigenvalue weighted by Gasteiger charge is 2.19. The minimum absolute atomic E-state index is 0.0344. The van der Waals surface area contributed by atoms with E-state index in [1.807, 2.05) is 25.1 Å². The predicted molar refractivity (Wildman–Crippen MR) is 77.7 cm³/mol. The monoisotopic (exact) mass is 264 g/mol. The lowest BCUT2D eigenvalue weighted by molar-refractivity contribution is 0.198. The molecule has 1 atom stereocenters. The number of para-hydroxylation sites is 2. The van der Waals surface area contributed by atoms with Gasteiger partial charge in [0.15, 0.2) is 0 Å². The number of aliphatic hydroxyl groups is 1. The molecule has 0 aromatic heterocycles. The minimum atomic E-state index is -0.470. The molecule has 0 amide bonds. The number of anilines is 1. The first-order chi connectivity index (χ1) is 9.12. The average Bonchev–Trinajstić information content (AvgIpc) is 2.61. The van der Waals surface area contributed by atoms with E-state index in [1.165, 1.54) is 5.69 Å². The highest BCUT2D eigenvalue weighted by molar-refractivity contribution is 5.58. The van der Waals surface area contributed by atoms with Gasteiger partial charge in [0.2, 0.25) is 0 Å². The number of fused-ring (bicyclic) bond motifs is 1. The third-order valence-electron chi connectivity index (χ3n) is 3.57. The number of ether oxygens (including phenoxy) is 1. The molecular formula is C15H24N2O2. The Balaban J connectivity index is 1.97. The molecule has 1 unspecified atom stereocenters. The zero-order chi connectivity index (χ0) is 13.7. The van der Waals surface area contributed by atoms with E-state index in [0.717, 1.165) is 44.7 Å². The van der Waals surface area contributed by atoms with Gasteiger partial charge in [0.05, 0.1) is 18.9 Å². The van der Waals surface area contributed by atoms with Crippen LogP contribution in [0.25, 0.3) is 0 Å². The molecule has 4 nitrogen and oxygen atoms in total. The van der Waals surface area contributed by atoms with Gasteiger partial charge in [-0.2, -0.15) is 0 Å². The van der Waals surface area contributed by atoms with Crippen molar-refractivity contribution in [2.24, 2.45) is 5.73 Å². The molecule has 0 radical (unpaired) electrons. The van der Waals surface area contributed by atoms with E-state index in [4.69, 9.17) is 10.5 Å². The van der Waals surface area contributed by atoms with E-state index in [0.29, 0.717) is 0 Å². The van der Waals surface area contributed by atoms with Crippen molar-refractivity contribution in [2.75, 3.05) is 31.2 Å². The smallest absolute Gasteiger partial charge is 0.142 e. The van der Waals surface area contributed by atoms with Crippen LogP contribution in [-0.2, 0) is 0 Å². The Morgan fingerprint density at radius 1 is 1.42 bits per heavy atom. The van der Waals surface area contributed by atoms with E-state index in [-0.39, 0.29) is 6.61 Å². The number of aliphatic hydroxyl groups excluding tert-OH is 1. The second-order valence-corrected chi connectivity index (χ2v) is 5.57. The van der Waals surface area contributed by atoms with Crippen molar-refractivity contribution in [2.45, 2.75) is 31.7 Å². The number of rotatable bonds is 5. The number of hydrogen-bond acceptors (Lipinski definition) is 4. The molecule has 19 heavy (non-hydrogen) atoms. The third-order valence-corrected chi connectivity index (χ3v) is 3.57. The Bertz CT molecular complexity index is 407. The summed E-state index contributed by atoms with van der Waals surface area (Å²) in [7, 11) is 0. The quantitative estimate of drug-likeness (QED) is 0.851. The van der Waals surface area contributed by atoms with Crippen LogP contribution in [-0.4, -0.2) is 36.9 Å². The van der Waals surface area contributed by atoms with Crippen LogP contribution in [0.3, 0.4) is 0 Å². The summed E-state index contributed by atoms with van der Waals surface area (Å²) in [6.07, 6.45) is 2.83. The summed E-state index contributed by atoms with van der Waals surface area (Å²) in [5.74, 6) is 0.970. The summed E-state index contributed by atoms with van der Waals surface area (Å²) in [4.78, 5) is 2.36. The SMILES string of the molecule is CC(N)(CO)CCCN1CCCOc2ccccc21. The summed E-state index contributed by atoms with van der Waals surface area (Å²) in [5.41, 5.74) is 6.66. The first-order valence-corrected chi connectivity index (χ1v) is 6.99. The zero-order valence-electron chi connectivity index (χ0n) is 11.6. The molecule has 0 saturated carbocycles. The summed E-state index contributed by atoms with van der Waals surface area (Å²) < 4.78 is 5.74. The van der Waals surface area contributed by atoms with Gasteiger partial charge in [-0.15, -0.1) is 0 Å². The van der Waals surface area contributed by atoms with Crippen LogP contribution >= 0.6 is 0 Å². The van der Waals surface area contributed by atoms with Gasteiger partial charge in [0.25, 0.3) is 0 Å². The molecule has 1 aliphatic heterocycles. The van der Waals surface area contributed by atoms with Crippen molar-refractivity contribution < 1.29 is 9.84 Å². The first-order valence-electron chi connectivity index (χ1n) is 6.99. The normalized spacial score (nSPS) is 18.2. The maximum Gasteiger partial charge on any atom is 0.142 e. The van der Waals surface area contributed by atoms with E-state index in [2.05, 4.69) is 11.0 Å². The molecular weight excluding hydrogens is 240 g/mol. The van der Waals surface area contributed by atoms with Crippen molar-refractivity contribution in [1.29, 1.82) is 0 Å². The molecule has 1 heterocycles.